The number of nitrogens with one attached hydrogen (secondary N) is 1. The lowest BCUT2D eigenvalue weighted by molar-refractivity contribution is -0.143. The summed E-state index contributed by atoms with van der Waals surface area (Å²) in [7, 11) is 0. The molecule has 1 saturated heterocycles. The number of carboxylic acids is 1. The van der Waals surface area contributed by atoms with Gasteiger partial charge in [0, 0.05) is 17.4 Å². The van der Waals surface area contributed by atoms with E-state index in [9.17, 15) is 14.4 Å². The standard InChI is InChI=1S/C15H15BrN2O4/c16-10-3-1-2-4-11(10)18-8-9(7-12(18)19)13(20)17-15(5-6-15)14(21)22/h1-4,9H,5-8H2,(H,17,20)(H,21,22)/t9-/m0/s1. The highest BCUT2D eigenvalue weighted by molar-refractivity contribution is 9.10. The molecule has 2 amide bonds. The van der Waals surface area contributed by atoms with Crippen LogP contribution in [0.15, 0.2) is 28.7 Å². The number of carbonyl (C=O) groups is 3. The van der Waals surface area contributed by atoms with Crippen LogP contribution < -0.4 is 10.2 Å². The number of hydrogen-bond donors (Lipinski definition) is 2. The van der Waals surface area contributed by atoms with Crippen LogP contribution in [0.1, 0.15) is 19.3 Å². The summed E-state index contributed by atoms with van der Waals surface area (Å²) in [5.74, 6) is -2.01. The second-order valence-electron chi connectivity index (χ2n) is 5.73. The number of aliphatic carboxylic acids is 1. The molecule has 2 N–H and O–H groups in total. The Morgan fingerprint density at radius 2 is 2.00 bits per heavy atom. The fourth-order valence-corrected chi connectivity index (χ4v) is 3.14. The summed E-state index contributed by atoms with van der Waals surface area (Å²) < 4.78 is 0.786. The smallest absolute Gasteiger partial charge is 0.329 e. The maximum Gasteiger partial charge on any atom is 0.329 e. The number of rotatable bonds is 4. The number of benzene rings is 1. The predicted molar refractivity (Wildman–Crippen MR) is 82.3 cm³/mol. The minimum atomic E-state index is -1.11. The number of para-hydroxylation sites is 1. The van der Waals surface area contributed by atoms with Gasteiger partial charge in [-0.05, 0) is 40.9 Å². The van der Waals surface area contributed by atoms with Gasteiger partial charge in [-0.25, -0.2) is 4.79 Å². The molecule has 116 valence electrons. The summed E-state index contributed by atoms with van der Waals surface area (Å²) in [5.41, 5.74) is -0.386. The van der Waals surface area contributed by atoms with E-state index in [1.165, 1.54) is 0 Å². The Labute approximate surface area is 135 Å². The normalized spacial score (nSPS) is 22.5. The molecule has 3 rings (SSSR count). The third kappa shape index (κ3) is 2.61. The van der Waals surface area contributed by atoms with Crippen LogP contribution in [-0.2, 0) is 14.4 Å². The minimum Gasteiger partial charge on any atom is -0.480 e. The van der Waals surface area contributed by atoms with Gasteiger partial charge in [0.2, 0.25) is 11.8 Å². The molecule has 2 aliphatic rings. The van der Waals surface area contributed by atoms with Crippen molar-refractivity contribution in [1.29, 1.82) is 0 Å². The van der Waals surface area contributed by atoms with E-state index in [4.69, 9.17) is 5.11 Å². The van der Waals surface area contributed by atoms with E-state index in [0.29, 0.717) is 12.8 Å². The van der Waals surface area contributed by atoms with Crippen LogP contribution >= 0.6 is 15.9 Å². The molecule has 1 aliphatic carbocycles. The van der Waals surface area contributed by atoms with Crippen LogP contribution in [0.25, 0.3) is 0 Å². The van der Waals surface area contributed by atoms with E-state index >= 15 is 0 Å². The third-order valence-electron chi connectivity index (χ3n) is 4.16. The summed E-state index contributed by atoms with van der Waals surface area (Å²) >= 11 is 3.40. The summed E-state index contributed by atoms with van der Waals surface area (Å²) in [6, 6.07) is 7.31. The molecule has 1 heterocycles. The molecule has 1 atom stereocenters. The number of anilines is 1. The molecule has 0 radical (unpaired) electrons. The van der Waals surface area contributed by atoms with Crippen molar-refractivity contribution < 1.29 is 19.5 Å². The first-order valence-electron chi connectivity index (χ1n) is 7.03. The largest absolute Gasteiger partial charge is 0.480 e. The first kappa shape index (κ1) is 15.0. The Hall–Kier alpha value is -1.89. The topological polar surface area (TPSA) is 86.7 Å². The number of amides is 2. The van der Waals surface area contributed by atoms with Crippen LogP contribution in [0, 0.1) is 5.92 Å². The molecule has 6 nitrogen and oxygen atoms in total. The van der Waals surface area contributed by atoms with E-state index in [0.717, 1.165) is 10.2 Å². The van der Waals surface area contributed by atoms with Crippen molar-refractivity contribution in [3.8, 4) is 0 Å². The lowest BCUT2D eigenvalue weighted by atomic mass is 10.1. The third-order valence-corrected chi connectivity index (χ3v) is 4.83. The molecule has 1 saturated carbocycles. The van der Waals surface area contributed by atoms with E-state index in [1.54, 1.807) is 4.90 Å². The van der Waals surface area contributed by atoms with Crippen LogP contribution in [0.5, 0.6) is 0 Å². The number of hydrogen-bond acceptors (Lipinski definition) is 3. The fraction of sp³-hybridized carbons (Fsp3) is 0.400. The zero-order valence-electron chi connectivity index (χ0n) is 11.7. The summed E-state index contributed by atoms with van der Waals surface area (Å²) in [6.45, 7) is 0.267. The van der Waals surface area contributed by atoms with Gasteiger partial charge in [-0.15, -0.1) is 0 Å². The van der Waals surface area contributed by atoms with Crippen molar-refractivity contribution in [2.45, 2.75) is 24.8 Å². The molecular formula is C15H15BrN2O4. The number of halogens is 1. The summed E-state index contributed by atoms with van der Waals surface area (Å²) in [6.07, 6.45) is 0.994. The molecule has 2 fully saturated rings. The van der Waals surface area contributed by atoms with E-state index in [1.807, 2.05) is 24.3 Å². The van der Waals surface area contributed by atoms with Crippen LogP contribution in [0.4, 0.5) is 5.69 Å². The first-order valence-corrected chi connectivity index (χ1v) is 7.82. The quantitative estimate of drug-likeness (QED) is 0.845. The molecule has 1 aliphatic heterocycles. The van der Waals surface area contributed by atoms with Crippen LogP contribution in [0.2, 0.25) is 0 Å². The number of carboxylic acid groups (broad SMARTS) is 1. The first-order chi connectivity index (χ1) is 10.4. The second-order valence-corrected chi connectivity index (χ2v) is 6.59. The fourth-order valence-electron chi connectivity index (χ4n) is 2.64. The van der Waals surface area contributed by atoms with Gasteiger partial charge in [-0.3, -0.25) is 9.59 Å². The van der Waals surface area contributed by atoms with Crippen molar-refractivity contribution in [1.82, 2.24) is 5.32 Å². The Morgan fingerprint density at radius 1 is 1.32 bits per heavy atom. The lowest BCUT2D eigenvalue weighted by Gasteiger charge is -2.19. The monoisotopic (exact) mass is 366 g/mol. The van der Waals surface area contributed by atoms with Gasteiger partial charge in [0.25, 0.3) is 0 Å². The van der Waals surface area contributed by atoms with Crippen molar-refractivity contribution >= 4 is 39.4 Å². The minimum absolute atomic E-state index is 0.100. The number of nitrogens with zero attached hydrogens (tertiary/aromatic N) is 1. The molecule has 7 heteroatoms. The number of carbonyl (C=O) groups excluding carboxylic acids is 2. The Kier molecular flexibility index (Phi) is 3.68. The molecule has 0 bridgehead atoms. The van der Waals surface area contributed by atoms with Gasteiger partial charge in [0.15, 0.2) is 0 Å². The summed E-state index contributed by atoms with van der Waals surface area (Å²) in [4.78, 5) is 37.1. The van der Waals surface area contributed by atoms with Crippen LogP contribution in [-0.4, -0.2) is 35.0 Å². The van der Waals surface area contributed by atoms with Gasteiger partial charge in [-0.1, -0.05) is 12.1 Å². The summed E-state index contributed by atoms with van der Waals surface area (Å²) in [5, 5.41) is 11.7. The maximum atomic E-state index is 12.2. The second kappa shape index (κ2) is 5.39. The highest BCUT2D eigenvalue weighted by Crippen LogP contribution is 2.37. The molecule has 0 spiro atoms. The lowest BCUT2D eigenvalue weighted by Crippen LogP contribution is -2.46. The average molecular weight is 367 g/mol. The average Bonchev–Trinajstić information content (AvgIpc) is 3.15. The van der Waals surface area contributed by atoms with Crippen molar-refractivity contribution in [2.75, 3.05) is 11.4 Å². The van der Waals surface area contributed by atoms with Crippen molar-refractivity contribution in [3.63, 3.8) is 0 Å². The predicted octanol–water partition coefficient (Wildman–Crippen LogP) is 1.54. The molecule has 0 unspecified atom stereocenters. The zero-order chi connectivity index (χ0) is 15.9. The van der Waals surface area contributed by atoms with E-state index in [-0.39, 0.29) is 24.8 Å². The van der Waals surface area contributed by atoms with E-state index < -0.39 is 17.4 Å². The van der Waals surface area contributed by atoms with Gasteiger partial charge in [0.05, 0.1) is 11.6 Å². The molecular weight excluding hydrogens is 352 g/mol. The van der Waals surface area contributed by atoms with Crippen LogP contribution in [0.3, 0.4) is 0 Å². The van der Waals surface area contributed by atoms with Gasteiger partial charge >= 0.3 is 5.97 Å². The highest BCUT2D eigenvalue weighted by Gasteiger charge is 2.52. The molecule has 1 aromatic carbocycles. The highest BCUT2D eigenvalue weighted by atomic mass is 79.9. The Bertz CT molecular complexity index is 657. The van der Waals surface area contributed by atoms with Gasteiger partial charge in [0.1, 0.15) is 5.54 Å². The Balaban J connectivity index is 1.71. The van der Waals surface area contributed by atoms with Crippen molar-refractivity contribution in [2.24, 2.45) is 5.92 Å². The maximum absolute atomic E-state index is 12.2. The zero-order valence-corrected chi connectivity index (χ0v) is 13.3. The van der Waals surface area contributed by atoms with Crippen molar-refractivity contribution in [3.05, 3.63) is 28.7 Å². The van der Waals surface area contributed by atoms with Gasteiger partial charge in [-0.2, -0.15) is 0 Å². The SMILES string of the molecule is O=C(NC1(C(=O)O)CC1)[C@H]1CC(=O)N(c2ccccc2Br)C1. The Morgan fingerprint density at radius 3 is 2.59 bits per heavy atom. The van der Waals surface area contributed by atoms with Gasteiger partial charge < -0.3 is 15.3 Å². The molecule has 0 aromatic heterocycles. The molecule has 1 aromatic rings. The van der Waals surface area contributed by atoms with E-state index in [2.05, 4.69) is 21.2 Å². The molecule has 22 heavy (non-hydrogen) atoms.